The van der Waals surface area contributed by atoms with Crippen molar-refractivity contribution in [2.45, 2.75) is 45.5 Å². The van der Waals surface area contributed by atoms with Crippen molar-refractivity contribution < 1.29 is 27.5 Å². The minimum absolute atomic E-state index is 0.166. The second-order valence-corrected chi connectivity index (χ2v) is 5.81. The van der Waals surface area contributed by atoms with E-state index in [2.05, 4.69) is 10.6 Å². The zero-order chi connectivity index (χ0) is 18.8. The van der Waals surface area contributed by atoms with E-state index in [1.54, 1.807) is 13.8 Å². The fourth-order valence-electron chi connectivity index (χ4n) is 2.41. The first-order valence-electron chi connectivity index (χ1n) is 7.80. The highest BCUT2D eigenvalue weighted by molar-refractivity contribution is 5.95. The van der Waals surface area contributed by atoms with Crippen LogP contribution in [-0.4, -0.2) is 18.1 Å². The Bertz CT molecular complexity index is 696. The maximum absolute atomic E-state index is 12.7. The quantitative estimate of drug-likeness (QED) is 0.809. The number of ether oxygens (including phenoxy) is 1. The molecule has 0 saturated carbocycles. The number of allylic oxidation sites excluding steroid dienone is 1. The first-order chi connectivity index (χ1) is 11.6. The summed E-state index contributed by atoms with van der Waals surface area (Å²) in [6.07, 6.45) is -4.17. The fourth-order valence-corrected chi connectivity index (χ4v) is 2.41. The molecule has 1 aromatic rings. The SMILES string of the molecule is CC[C@H](C)OC(=O)C1=C(C)NC(=O)N[C@H]1c1ccc(C(F)(F)F)cc1. The Morgan fingerprint density at radius 1 is 1.28 bits per heavy atom. The Hall–Kier alpha value is -2.51. The highest BCUT2D eigenvalue weighted by Crippen LogP contribution is 2.32. The van der Waals surface area contributed by atoms with Gasteiger partial charge in [0, 0.05) is 5.70 Å². The Morgan fingerprint density at radius 2 is 1.88 bits per heavy atom. The number of amides is 2. The van der Waals surface area contributed by atoms with Crippen LogP contribution in [0.25, 0.3) is 0 Å². The van der Waals surface area contributed by atoms with Gasteiger partial charge in [-0.05, 0) is 38.0 Å². The standard InChI is InChI=1S/C17H19F3N2O3/c1-4-9(2)25-15(23)13-10(3)21-16(24)22-14(13)11-5-7-12(8-6-11)17(18,19)20/h5-9,14H,4H2,1-3H3,(H2,21,22,24)/t9-,14-/m0/s1. The average Bonchev–Trinajstić information content (AvgIpc) is 2.53. The van der Waals surface area contributed by atoms with Crippen molar-refractivity contribution in [1.29, 1.82) is 0 Å². The Balaban J connectivity index is 2.37. The van der Waals surface area contributed by atoms with E-state index < -0.39 is 29.8 Å². The van der Waals surface area contributed by atoms with Crippen LogP contribution in [0.5, 0.6) is 0 Å². The van der Waals surface area contributed by atoms with E-state index in [0.717, 1.165) is 12.1 Å². The summed E-state index contributed by atoms with van der Waals surface area (Å²) in [7, 11) is 0. The maximum Gasteiger partial charge on any atom is 0.416 e. The van der Waals surface area contributed by atoms with Crippen LogP contribution >= 0.6 is 0 Å². The normalized spacial score (nSPS) is 19.1. The smallest absolute Gasteiger partial charge is 0.416 e. The molecule has 5 nitrogen and oxygen atoms in total. The summed E-state index contributed by atoms with van der Waals surface area (Å²) in [5.74, 6) is -0.621. The van der Waals surface area contributed by atoms with Crippen molar-refractivity contribution in [2.75, 3.05) is 0 Å². The molecule has 1 aliphatic rings. The van der Waals surface area contributed by atoms with E-state index in [0.29, 0.717) is 17.7 Å². The third-order valence-corrected chi connectivity index (χ3v) is 3.94. The monoisotopic (exact) mass is 356 g/mol. The second kappa shape index (κ2) is 7.16. The van der Waals surface area contributed by atoms with Crippen LogP contribution in [0.4, 0.5) is 18.0 Å². The molecular formula is C17H19F3N2O3. The Labute approximate surface area is 143 Å². The topological polar surface area (TPSA) is 67.4 Å². The molecule has 0 spiro atoms. The van der Waals surface area contributed by atoms with E-state index in [-0.39, 0.29) is 11.7 Å². The summed E-state index contributed by atoms with van der Waals surface area (Å²) in [6, 6.07) is 2.88. The molecule has 8 heteroatoms. The Morgan fingerprint density at radius 3 is 2.40 bits per heavy atom. The molecule has 136 valence electrons. The van der Waals surface area contributed by atoms with Gasteiger partial charge in [-0.1, -0.05) is 19.1 Å². The Kier molecular flexibility index (Phi) is 5.39. The minimum atomic E-state index is -4.46. The first-order valence-corrected chi connectivity index (χ1v) is 7.80. The van der Waals surface area contributed by atoms with Crippen LogP contribution in [-0.2, 0) is 15.7 Å². The van der Waals surface area contributed by atoms with E-state index in [4.69, 9.17) is 4.74 Å². The molecular weight excluding hydrogens is 337 g/mol. The van der Waals surface area contributed by atoms with Crippen LogP contribution in [0.3, 0.4) is 0 Å². The number of halogens is 3. The number of carbonyl (C=O) groups is 2. The summed E-state index contributed by atoms with van der Waals surface area (Å²) < 4.78 is 43.4. The highest BCUT2D eigenvalue weighted by atomic mass is 19.4. The number of urea groups is 1. The molecule has 2 rings (SSSR count). The molecule has 0 bridgehead atoms. The largest absolute Gasteiger partial charge is 0.459 e. The van der Waals surface area contributed by atoms with Gasteiger partial charge in [-0.2, -0.15) is 13.2 Å². The van der Waals surface area contributed by atoms with Crippen LogP contribution < -0.4 is 10.6 Å². The van der Waals surface area contributed by atoms with Crippen molar-refractivity contribution in [3.63, 3.8) is 0 Å². The van der Waals surface area contributed by atoms with Crippen LogP contribution in [0.1, 0.15) is 44.4 Å². The number of hydrogen-bond acceptors (Lipinski definition) is 3. The number of hydrogen-bond donors (Lipinski definition) is 2. The molecule has 0 saturated heterocycles. The molecule has 0 fully saturated rings. The summed E-state index contributed by atoms with van der Waals surface area (Å²) in [5, 5.41) is 5.04. The van der Waals surface area contributed by atoms with Crippen LogP contribution in [0.15, 0.2) is 35.5 Å². The maximum atomic E-state index is 12.7. The molecule has 25 heavy (non-hydrogen) atoms. The van der Waals surface area contributed by atoms with Crippen molar-refractivity contribution in [1.82, 2.24) is 10.6 Å². The molecule has 2 N–H and O–H groups in total. The third-order valence-electron chi connectivity index (χ3n) is 3.94. The van der Waals surface area contributed by atoms with Gasteiger partial charge in [0.1, 0.15) is 0 Å². The summed E-state index contributed by atoms with van der Waals surface area (Å²) in [5.41, 5.74) is 0.0286. The third kappa shape index (κ3) is 4.32. The molecule has 0 aromatic heterocycles. The molecule has 1 aromatic carbocycles. The fraction of sp³-hybridized carbons (Fsp3) is 0.412. The zero-order valence-corrected chi connectivity index (χ0v) is 14.0. The van der Waals surface area contributed by atoms with Gasteiger partial charge in [-0.25, -0.2) is 9.59 Å². The number of nitrogens with one attached hydrogen (secondary N) is 2. The van der Waals surface area contributed by atoms with Crippen molar-refractivity contribution >= 4 is 12.0 Å². The predicted molar refractivity (Wildman–Crippen MR) is 84.4 cm³/mol. The summed E-state index contributed by atoms with van der Waals surface area (Å²) in [4.78, 5) is 24.2. The molecule has 0 radical (unpaired) electrons. The molecule has 1 heterocycles. The minimum Gasteiger partial charge on any atom is -0.459 e. The average molecular weight is 356 g/mol. The zero-order valence-electron chi connectivity index (χ0n) is 14.0. The lowest BCUT2D eigenvalue weighted by atomic mass is 9.94. The van der Waals surface area contributed by atoms with Gasteiger partial charge >= 0.3 is 18.2 Å². The number of carbonyl (C=O) groups excluding carboxylic acids is 2. The van der Waals surface area contributed by atoms with Crippen LogP contribution in [0, 0.1) is 0 Å². The highest BCUT2D eigenvalue weighted by Gasteiger charge is 2.34. The first kappa shape index (κ1) is 18.8. The number of benzene rings is 1. The van der Waals surface area contributed by atoms with Crippen molar-refractivity contribution in [2.24, 2.45) is 0 Å². The van der Waals surface area contributed by atoms with Crippen molar-refractivity contribution in [3.8, 4) is 0 Å². The van der Waals surface area contributed by atoms with E-state index in [1.165, 1.54) is 12.1 Å². The molecule has 0 aliphatic carbocycles. The lowest BCUT2D eigenvalue weighted by Crippen LogP contribution is -2.45. The molecule has 1 aliphatic heterocycles. The predicted octanol–water partition coefficient (Wildman–Crippen LogP) is 3.68. The molecule has 2 amide bonds. The van der Waals surface area contributed by atoms with Gasteiger partial charge < -0.3 is 15.4 Å². The lowest BCUT2D eigenvalue weighted by Gasteiger charge is -2.29. The number of esters is 1. The van der Waals surface area contributed by atoms with Gasteiger partial charge in [-0.15, -0.1) is 0 Å². The van der Waals surface area contributed by atoms with Crippen LogP contribution in [0.2, 0.25) is 0 Å². The number of alkyl halides is 3. The van der Waals surface area contributed by atoms with Gasteiger partial charge in [0.25, 0.3) is 0 Å². The van der Waals surface area contributed by atoms with Gasteiger partial charge in [-0.3, -0.25) is 0 Å². The van der Waals surface area contributed by atoms with Gasteiger partial charge in [0.05, 0.1) is 23.3 Å². The van der Waals surface area contributed by atoms with E-state index in [1.807, 2.05) is 6.92 Å². The second-order valence-electron chi connectivity index (χ2n) is 5.81. The van der Waals surface area contributed by atoms with E-state index in [9.17, 15) is 22.8 Å². The van der Waals surface area contributed by atoms with E-state index >= 15 is 0 Å². The summed E-state index contributed by atoms with van der Waals surface area (Å²) >= 11 is 0. The van der Waals surface area contributed by atoms with Gasteiger partial charge in [0.15, 0.2) is 0 Å². The van der Waals surface area contributed by atoms with Crippen molar-refractivity contribution in [3.05, 3.63) is 46.7 Å². The summed E-state index contributed by atoms with van der Waals surface area (Å²) in [6.45, 7) is 5.13. The molecule has 2 atom stereocenters. The molecule has 0 unspecified atom stereocenters. The van der Waals surface area contributed by atoms with Gasteiger partial charge in [0.2, 0.25) is 0 Å². The lowest BCUT2D eigenvalue weighted by molar-refractivity contribution is -0.144. The number of rotatable bonds is 4.